The van der Waals surface area contributed by atoms with Crippen LogP contribution < -0.4 is 5.32 Å². The van der Waals surface area contributed by atoms with Gasteiger partial charge in [0, 0.05) is 11.0 Å². The van der Waals surface area contributed by atoms with Gasteiger partial charge in [-0.2, -0.15) is 0 Å². The van der Waals surface area contributed by atoms with E-state index in [0.717, 1.165) is 5.56 Å². The molecule has 2 N–H and O–H groups in total. The molecule has 0 aliphatic heterocycles. The van der Waals surface area contributed by atoms with Gasteiger partial charge in [0.15, 0.2) is 0 Å². The molecule has 0 fully saturated rings. The number of amides is 1. The summed E-state index contributed by atoms with van der Waals surface area (Å²) in [4.78, 5) is 12.0. The summed E-state index contributed by atoms with van der Waals surface area (Å²) >= 11 is 9.32. The lowest BCUT2D eigenvalue weighted by Gasteiger charge is -2.13. The highest BCUT2D eigenvalue weighted by Gasteiger charge is 2.14. The number of carbonyl (C=O) groups is 1. The van der Waals surface area contributed by atoms with Gasteiger partial charge >= 0.3 is 0 Å². The first-order valence-corrected chi connectivity index (χ1v) is 7.22. The van der Waals surface area contributed by atoms with E-state index in [1.54, 1.807) is 18.2 Å². The van der Waals surface area contributed by atoms with Crippen LogP contribution in [0.3, 0.4) is 0 Å². The number of nitrogens with one attached hydrogen (secondary N) is 1. The van der Waals surface area contributed by atoms with Gasteiger partial charge in [0.25, 0.3) is 5.91 Å². The van der Waals surface area contributed by atoms with E-state index >= 15 is 0 Å². The molecular weight excluding hydrogens is 342 g/mol. The Labute approximate surface area is 130 Å². The van der Waals surface area contributed by atoms with Crippen LogP contribution in [0.5, 0.6) is 0 Å². The molecule has 0 aliphatic carbocycles. The Balaban J connectivity index is 2.01. The smallest absolute Gasteiger partial charge is 0.252 e. The van der Waals surface area contributed by atoms with Gasteiger partial charge in [-0.3, -0.25) is 4.79 Å². The maximum atomic E-state index is 12.0. The summed E-state index contributed by atoms with van der Waals surface area (Å²) in [6.07, 6.45) is -0.744. The third-order valence-electron chi connectivity index (χ3n) is 2.84. The highest BCUT2D eigenvalue weighted by molar-refractivity contribution is 9.10. The first-order valence-electron chi connectivity index (χ1n) is 6.05. The Bertz CT molecular complexity index is 604. The molecule has 5 heteroatoms. The van der Waals surface area contributed by atoms with Crippen LogP contribution in [0.25, 0.3) is 0 Å². The first kappa shape index (κ1) is 15.0. The normalized spacial score (nSPS) is 11.9. The Morgan fingerprint density at radius 2 is 1.90 bits per heavy atom. The van der Waals surface area contributed by atoms with Crippen molar-refractivity contribution in [3.63, 3.8) is 0 Å². The predicted octanol–water partition coefficient (Wildman–Crippen LogP) is 3.57. The number of rotatable bonds is 4. The van der Waals surface area contributed by atoms with Crippen LogP contribution in [-0.2, 0) is 0 Å². The van der Waals surface area contributed by atoms with Gasteiger partial charge in [0.05, 0.1) is 16.7 Å². The zero-order chi connectivity index (χ0) is 14.5. The number of aliphatic hydroxyl groups is 1. The number of benzene rings is 2. The number of halogens is 2. The van der Waals surface area contributed by atoms with E-state index in [2.05, 4.69) is 21.2 Å². The Morgan fingerprint density at radius 3 is 2.60 bits per heavy atom. The molecule has 2 aromatic carbocycles. The molecule has 0 aliphatic rings. The number of carbonyl (C=O) groups excluding carboxylic acids is 1. The number of hydrogen-bond donors (Lipinski definition) is 2. The molecule has 2 rings (SSSR count). The van der Waals surface area contributed by atoms with Crippen molar-refractivity contribution in [2.75, 3.05) is 6.54 Å². The number of hydrogen-bond acceptors (Lipinski definition) is 2. The van der Waals surface area contributed by atoms with E-state index in [1.165, 1.54) is 0 Å². The van der Waals surface area contributed by atoms with Gasteiger partial charge in [0.1, 0.15) is 0 Å². The molecule has 0 aromatic heterocycles. The van der Waals surface area contributed by atoms with Crippen molar-refractivity contribution >= 4 is 33.4 Å². The van der Waals surface area contributed by atoms with Crippen LogP contribution in [0.15, 0.2) is 53.0 Å². The highest BCUT2D eigenvalue weighted by Crippen LogP contribution is 2.25. The fourth-order valence-electron chi connectivity index (χ4n) is 1.76. The molecule has 1 atom stereocenters. The molecule has 1 unspecified atom stereocenters. The summed E-state index contributed by atoms with van der Waals surface area (Å²) in [5, 5.41) is 13.0. The molecular formula is C15H13BrClNO2. The summed E-state index contributed by atoms with van der Waals surface area (Å²) < 4.78 is 0.662. The molecule has 104 valence electrons. The van der Waals surface area contributed by atoms with E-state index in [-0.39, 0.29) is 12.5 Å². The maximum Gasteiger partial charge on any atom is 0.252 e. The molecule has 2 aromatic rings. The Kier molecular flexibility index (Phi) is 5.17. The quantitative estimate of drug-likeness (QED) is 0.882. The molecule has 3 nitrogen and oxygen atoms in total. The second-order valence-corrected chi connectivity index (χ2v) is 5.47. The molecule has 0 radical (unpaired) electrons. The van der Waals surface area contributed by atoms with Gasteiger partial charge in [-0.1, -0.05) is 48.0 Å². The van der Waals surface area contributed by atoms with Crippen molar-refractivity contribution in [2.24, 2.45) is 0 Å². The number of aliphatic hydroxyl groups excluding tert-OH is 1. The van der Waals surface area contributed by atoms with Crippen molar-refractivity contribution in [1.29, 1.82) is 0 Å². The topological polar surface area (TPSA) is 49.3 Å². The van der Waals surface area contributed by atoms with E-state index < -0.39 is 6.10 Å². The molecule has 0 spiro atoms. The lowest BCUT2D eigenvalue weighted by molar-refractivity contribution is 0.0916. The largest absolute Gasteiger partial charge is 0.387 e. The predicted molar refractivity (Wildman–Crippen MR) is 82.9 cm³/mol. The van der Waals surface area contributed by atoms with Crippen LogP contribution in [0.4, 0.5) is 0 Å². The summed E-state index contributed by atoms with van der Waals surface area (Å²) in [6.45, 7) is 0.131. The van der Waals surface area contributed by atoms with E-state index in [4.69, 9.17) is 11.6 Å². The fraction of sp³-hybridized carbons (Fsp3) is 0.133. The maximum absolute atomic E-state index is 12.0. The van der Waals surface area contributed by atoms with Crippen LogP contribution >= 0.6 is 27.5 Å². The molecule has 20 heavy (non-hydrogen) atoms. The molecule has 1 amide bonds. The van der Waals surface area contributed by atoms with Gasteiger partial charge in [-0.05, 0) is 33.6 Å². The second kappa shape index (κ2) is 6.88. The lowest BCUT2D eigenvalue weighted by Crippen LogP contribution is -2.28. The van der Waals surface area contributed by atoms with Crippen LogP contribution in [0, 0.1) is 0 Å². The summed E-state index contributed by atoms with van der Waals surface area (Å²) in [7, 11) is 0. The standard InChI is InChI=1S/C15H13BrClNO2/c16-12-8-4-7-11(14(12)17)15(20)18-9-13(19)10-5-2-1-3-6-10/h1-8,13,19H,9H2,(H,18,20). The SMILES string of the molecule is O=C(NCC(O)c1ccccc1)c1cccc(Br)c1Cl. The minimum atomic E-state index is -0.744. The summed E-state index contributed by atoms with van der Waals surface area (Å²) in [6, 6.07) is 14.3. The van der Waals surface area contributed by atoms with Crippen LogP contribution in [-0.4, -0.2) is 17.6 Å². The lowest BCUT2D eigenvalue weighted by atomic mass is 10.1. The van der Waals surface area contributed by atoms with Crippen molar-refractivity contribution < 1.29 is 9.90 Å². The average Bonchev–Trinajstić information content (AvgIpc) is 2.48. The van der Waals surface area contributed by atoms with E-state index in [9.17, 15) is 9.90 Å². The zero-order valence-electron chi connectivity index (χ0n) is 10.5. The molecule has 0 saturated carbocycles. The third-order valence-corrected chi connectivity index (χ3v) is 4.13. The first-order chi connectivity index (χ1) is 9.59. The van der Waals surface area contributed by atoms with Gasteiger partial charge in [0.2, 0.25) is 0 Å². The van der Waals surface area contributed by atoms with Crippen molar-refractivity contribution in [1.82, 2.24) is 5.32 Å². The van der Waals surface area contributed by atoms with Gasteiger partial charge in [-0.15, -0.1) is 0 Å². The van der Waals surface area contributed by atoms with Crippen LogP contribution in [0.1, 0.15) is 22.0 Å². The third kappa shape index (κ3) is 3.60. The second-order valence-electron chi connectivity index (χ2n) is 4.24. The minimum Gasteiger partial charge on any atom is -0.387 e. The minimum absolute atomic E-state index is 0.131. The molecule has 0 heterocycles. The monoisotopic (exact) mass is 353 g/mol. The van der Waals surface area contributed by atoms with Crippen molar-refractivity contribution in [3.05, 3.63) is 69.2 Å². The molecule has 0 saturated heterocycles. The van der Waals surface area contributed by atoms with Gasteiger partial charge < -0.3 is 10.4 Å². The van der Waals surface area contributed by atoms with Gasteiger partial charge in [-0.25, -0.2) is 0 Å². The van der Waals surface area contributed by atoms with E-state index in [1.807, 2.05) is 30.3 Å². The summed E-state index contributed by atoms with van der Waals surface area (Å²) in [5.41, 5.74) is 1.13. The fourth-order valence-corrected chi connectivity index (χ4v) is 2.33. The summed E-state index contributed by atoms with van der Waals surface area (Å²) in [5.74, 6) is -0.314. The highest BCUT2D eigenvalue weighted by atomic mass is 79.9. The van der Waals surface area contributed by atoms with Crippen LogP contribution in [0.2, 0.25) is 5.02 Å². The Morgan fingerprint density at radius 1 is 1.20 bits per heavy atom. The van der Waals surface area contributed by atoms with Crippen molar-refractivity contribution in [3.8, 4) is 0 Å². The molecule has 0 bridgehead atoms. The average molecular weight is 355 g/mol. The Hall–Kier alpha value is -1.36. The van der Waals surface area contributed by atoms with E-state index in [0.29, 0.717) is 15.1 Å². The van der Waals surface area contributed by atoms with Crippen molar-refractivity contribution in [2.45, 2.75) is 6.10 Å². The zero-order valence-corrected chi connectivity index (χ0v) is 12.9.